The second-order valence-electron chi connectivity index (χ2n) is 8.40. The molecule has 1 unspecified atom stereocenters. The second kappa shape index (κ2) is 9.14. The molecule has 1 aliphatic rings. The molecule has 1 N–H and O–H groups in total. The molecule has 186 valence electrons. The summed E-state index contributed by atoms with van der Waals surface area (Å²) in [7, 11) is 1.26. The minimum absolute atomic E-state index is 0.0478. The number of aliphatic hydroxyl groups is 1. The quantitative estimate of drug-likeness (QED) is 0.281. The number of ether oxygens (including phenoxy) is 1. The Balaban J connectivity index is 1.65. The normalized spacial score (nSPS) is 15.5. The number of Topliss-reactive ketones (excluding diaryl/α,β-unsaturated/α-hetero) is 2. The minimum atomic E-state index is -1.09. The number of hydrogen-bond acceptors (Lipinski definition) is 9. The molecule has 2 aromatic heterocycles. The van der Waals surface area contributed by atoms with Gasteiger partial charge in [0.2, 0.25) is 5.78 Å². The SMILES string of the molecule is COC(=O)c1ccc(C2C(C(=O)c3cc4ccccc4o3)=C(O)C(=O)N2c2nc(C)c(C(C)=O)s2)cc1. The van der Waals surface area contributed by atoms with Gasteiger partial charge in [0, 0.05) is 12.3 Å². The molecule has 5 rings (SSSR count). The maximum atomic E-state index is 13.7. The summed E-state index contributed by atoms with van der Waals surface area (Å²) in [6.45, 7) is 3.04. The molecular formula is C27H20N2O7S. The van der Waals surface area contributed by atoms with Crippen molar-refractivity contribution in [3.63, 3.8) is 0 Å². The Labute approximate surface area is 214 Å². The van der Waals surface area contributed by atoms with E-state index in [0.29, 0.717) is 27.1 Å². The summed E-state index contributed by atoms with van der Waals surface area (Å²) in [5.74, 6) is -3.08. The highest BCUT2D eigenvalue weighted by atomic mass is 32.1. The van der Waals surface area contributed by atoms with Crippen molar-refractivity contribution in [1.82, 2.24) is 4.98 Å². The highest BCUT2D eigenvalue weighted by molar-refractivity contribution is 7.17. The fraction of sp³-hybridized carbons (Fsp3) is 0.148. The van der Waals surface area contributed by atoms with E-state index < -0.39 is 29.5 Å². The summed E-state index contributed by atoms with van der Waals surface area (Å²) < 4.78 is 10.5. The lowest BCUT2D eigenvalue weighted by Gasteiger charge is -2.24. The number of methoxy groups -OCH3 is 1. The molecule has 9 nitrogen and oxygen atoms in total. The summed E-state index contributed by atoms with van der Waals surface area (Å²) in [5, 5.41) is 11.8. The number of esters is 1. The lowest BCUT2D eigenvalue weighted by molar-refractivity contribution is -0.117. The standard InChI is InChI=1S/C27H20N2O7S/c1-13-24(14(2)30)37-27(28-13)29-21(15-8-10-16(11-9-15)26(34)35-3)20(23(32)25(29)33)22(31)19-12-17-6-4-5-7-18(17)36-19/h4-12,21,32H,1-3H3. The first-order valence-electron chi connectivity index (χ1n) is 11.2. The lowest BCUT2D eigenvalue weighted by atomic mass is 9.94. The van der Waals surface area contributed by atoms with Gasteiger partial charge in [-0.1, -0.05) is 41.7 Å². The molecule has 3 heterocycles. The van der Waals surface area contributed by atoms with E-state index in [-0.39, 0.29) is 27.8 Å². The number of para-hydroxylation sites is 1. The van der Waals surface area contributed by atoms with Gasteiger partial charge in [-0.3, -0.25) is 19.3 Å². The fourth-order valence-corrected chi connectivity index (χ4v) is 5.30. The van der Waals surface area contributed by atoms with Crippen LogP contribution < -0.4 is 4.90 Å². The zero-order valence-corrected chi connectivity index (χ0v) is 20.8. The number of carbonyl (C=O) groups excluding carboxylic acids is 4. The van der Waals surface area contributed by atoms with Crippen molar-refractivity contribution in [2.75, 3.05) is 12.0 Å². The first-order chi connectivity index (χ1) is 17.7. The van der Waals surface area contributed by atoms with Gasteiger partial charge in [-0.25, -0.2) is 9.78 Å². The Hall–Kier alpha value is -4.57. The van der Waals surface area contributed by atoms with Gasteiger partial charge in [0.15, 0.2) is 22.4 Å². The number of rotatable bonds is 6. The van der Waals surface area contributed by atoms with Gasteiger partial charge < -0.3 is 14.3 Å². The number of aliphatic hydroxyl groups excluding tert-OH is 1. The summed E-state index contributed by atoms with van der Waals surface area (Å²) in [4.78, 5) is 57.0. The van der Waals surface area contributed by atoms with Crippen LogP contribution in [-0.2, 0) is 9.53 Å². The molecular weight excluding hydrogens is 496 g/mol. The Bertz CT molecular complexity index is 1590. The number of aromatic nitrogens is 1. The predicted molar refractivity (Wildman–Crippen MR) is 135 cm³/mol. The Kier molecular flexibility index (Phi) is 5.96. The lowest BCUT2D eigenvalue weighted by Crippen LogP contribution is -2.31. The summed E-state index contributed by atoms with van der Waals surface area (Å²) >= 11 is 0.992. The smallest absolute Gasteiger partial charge is 0.337 e. The van der Waals surface area contributed by atoms with E-state index in [1.165, 1.54) is 31.1 Å². The average molecular weight is 517 g/mol. The van der Waals surface area contributed by atoms with Crippen LogP contribution in [0.3, 0.4) is 0 Å². The van der Waals surface area contributed by atoms with Crippen LogP contribution in [0.15, 0.2) is 70.3 Å². The number of nitrogens with zero attached hydrogens (tertiary/aromatic N) is 2. The number of ketones is 2. The summed E-state index contributed by atoms with van der Waals surface area (Å²) in [5.41, 5.74) is 1.41. The number of fused-ring (bicyclic) bond motifs is 1. The van der Waals surface area contributed by atoms with E-state index >= 15 is 0 Å². The van der Waals surface area contributed by atoms with E-state index in [2.05, 4.69) is 4.98 Å². The largest absolute Gasteiger partial charge is 0.503 e. The second-order valence-corrected chi connectivity index (χ2v) is 9.38. The zero-order valence-electron chi connectivity index (χ0n) is 20.0. The van der Waals surface area contributed by atoms with Crippen molar-refractivity contribution in [2.24, 2.45) is 0 Å². The molecule has 37 heavy (non-hydrogen) atoms. The van der Waals surface area contributed by atoms with Gasteiger partial charge in [-0.05, 0) is 36.8 Å². The van der Waals surface area contributed by atoms with Crippen LogP contribution in [0.2, 0.25) is 0 Å². The third kappa shape index (κ3) is 4.01. The van der Waals surface area contributed by atoms with Crippen molar-refractivity contribution in [2.45, 2.75) is 19.9 Å². The summed E-state index contributed by atoms with van der Waals surface area (Å²) in [6, 6.07) is 13.6. The number of hydrogen-bond donors (Lipinski definition) is 1. The zero-order chi connectivity index (χ0) is 26.4. The number of amides is 1. The van der Waals surface area contributed by atoms with Crippen LogP contribution in [0.25, 0.3) is 11.0 Å². The molecule has 0 saturated heterocycles. The van der Waals surface area contributed by atoms with Crippen LogP contribution in [0, 0.1) is 6.92 Å². The fourth-order valence-electron chi connectivity index (χ4n) is 4.31. The Morgan fingerprint density at radius 1 is 1.11 bits per heavy atom. The molecule has 0 spiro atoms. The Morgan fingerprint density at radius 2 is 1.81 bits per heavy atom. The molecule has 2 aromatic carbocycles. The van der Waals surface area contributed by atoms with Crippen LogP contribution in [0.1, 0.15) is 54.8 Å². The third-order valence-corrected chi connectivity index (χ3v) is 7.32. The predicted octanol–water partition coefficient (Wildman–Crippen LogP) is 4.97. The van der Waals surface area contributed by atoms with Crippen molar-refractivity contribution >= 4 is 50.9 Å². The molecule has 0 aliphatic carbocycles. The first kappa shape index (κ1) is 24.1. The molecule has 1 aliphatic heterocycles. The minimum Gasteiger partial charge on any atom is -0.503 e. The maximum absolute atomic E-state index is 13.7. The van der Waals surface area contributed by atoms with Crippen molar-refractivity contribution in [3.05, 3.63) is 93.4 Å². The molecule has 0 fully saturated rings. The number of anilines is 1. The van der Waals surface area contributed by atoms with E-state index in [1.54, 1.807) is 49.4 Å². The average Bonchev–Trinajstić information content (AvgIpc) is 3.57. The molecule has 0 radical (unpaired) electrons. The highest BCUT2D eigenvalue weighted by Crippen LogP contribution is 2.44. The van der Waals surface area contributed by atoms with Crippen LogP contribution in [-0.4, -0.2) is 40.6 Å². The number of aryl methyl sites for hydroxylation is 1. The van der Waals surface area contributed by atoms with Gasteiger partial charge in [0.1, 0.15) is 5.58 Å². The van der Waals surface area contributed by atoms with Crippen LogP contribution in [0.5, 0.6) is 0 Å². The van der Waals surface area contributed by atoms with E-state index in [4.69, 9.17) is 9.15 Å². The molecule has 10 heteroatoms. The van der Waals surface area contributed by atoms with E-state index in [9.17, 15) is 24.3 Å². The van der Waals surface area contributed by atoms with Gasteiger partial charge in [-0.2, -0.15) is 0 Å². The van der Waals surface area contributed by atoms with Gasteiger partial charge in [0.05, 0.1) is 34.9 Å². The van der Waals surface area contributed by atoms with Gasteiger partial charge >= 0.3 is 5.97 Å². The molecule has 0 saturated carbocycles. The number of furan rings is 1. The summed E-state index contributed by atoms with van der Waals surface area (Å²) in [6.07, 6.45) is 0. The number of thiazole rings is 1. The highest BCUT2D eigenvalue weighted by Gasteiger charge is 2.46. The molecule has 1 amide bonds. The topological polar surface area (TPSA) is 127 Å². The third-order valence-electron chi connectivity index (χ3n) is 6.06. The van der Waals surface area contributed by atoms with Crippen molar-refractivity contribution in [3.8, 4) is 0 Å². The van der Waals surface area contributed by atoms with Gasteiger partial charge in [-0.15, -0.1) is 0 Å². The van der Waals surface area contributed by atoms with E-state index in [1.807, 2.05) is 0 Å². The van der Waals surface area contributed by atoms with Crippen molar-refractivity contribution < 1.29 is 33.4 Å². The number of benzene rings is 2. The maximum Gasteiger partial charge on any atom is 0.337 e. The monoisotopic (exact) mass is 516 g/mol. The first-order valence-corrected chi connectivity index (χ1v) is 12.0. The van der Waals surface area contributed by atoms with Gasteiger partial charge in [0.25, 0.3) is 5.91 Å². The molecule has 1 atom stereocenters. The Morgan fingerprint density at radius 3 is 2.43 bits per heavy atom. The van der Waals surface area contributed by atoms with Crippen LogP contribution in [0.4, 0.5) is 5.13 Å². The van der Waals surface area contributed by atoms with E-state index in [0.717, 1.165) is 11.3 Å². The molecule has 4 aromatic rings. The number of carbonyl (C=O) groups is 4. The van der Waals surface area contributed by atoms with Crippen molar-refractivity contribution in [1.29, 1.82) is 0 Å². The molecule has 0 bridgehead atoms. The van der Waals surface area contributed by atoms with Crippen LogP contribution >= 0.6 is 11.3 Å².